The van der Waals surface area contributed by atoms with Crippen LogP contribution in [0.1, 0.15) is 45.4 Å². The van der Waals surface area contributed by atoms with Gasteiger partial charge in [-0.05, 0) is 44.4 Å². The van der Waals surface area contributed by atoms with E-state index in [-0.39, 0.29) is 24.3 Å². The molecule has 0 aromatic heterocycles. The molecule has 0 radical (unpaired) electrons. The van der Waals surface area contributed by atoms with Gasteiger partial charge in [0.25, 0.3) is 0 Å². The van der Waals surface area contributed by atoms with Crippen molar-refractivity contribution in [1.82, 2.24) is 0 Å². The maximum absolute atomic E-state index is 11.9. The number of halogens is 1. The smallest absolute Gasteiger partial charge is 0.309 e. The van der Waals surface area contributed by atoms with Gasteiger partial charge in [-0.2, -0.15) is 0 Å². The first kappa shape index (κ1) is 14.8. The molecule has 0 spiro atoms. The fraction of sp³-hybridized carbons (Fsp3) is 0.923. The first-order valence-electron chi connectivity index (χ1n) is 6.64. The van der Waals surface area contributed by atoms with Crippen molar-refractivity contribution in [3.63, 3.8) is 0 Å². The minimum Gasteiger partial charge on any atom is -0.466 e. The molecule has 0 heterocycles. The Bertz CT molecular complexity index is 260. The molecule has 0 aliphatic heterocycles. The van der Waals surface area contributed by atoms with E-state index in [2.05, 4.69) is 0 Å². The van der Waals surface area contributed by atoms with Gasteiger partial charge in [-0.3, -0.25) is 4.79 Å². The van der Waals surface area contributed by atoms with E-state index in [4.69, 9.17) is 10.5 Å². The highest BCUT2D eigenvalue weighted by molar-refractivity contribution is 5.85. The Hall–Kier alpha value is -0.280. The quantitative estimate of drug-likeness (QED) is 0.777. The summed E-state index contributed by atoms with van der Waals surface area (Å²) in [5.41, 5.74) is 6.01. The van der Waals surface area contributed by atoms with Crippen LogP contribution in [0.4, 0.5) is 0 Å². The molecule has 2 saturated carbocycles. The number of hydrogen-bond acceptors (Lipinski definition) is 3. The van der Waals surface area contributed by atoms with E-state index in [1.807, 2.05) is 6.92 Å². The molecule has 0 bridgehead atoms. The first-order valence-corrected chi connectivity index (χ1v) is 6.64. The summed E-state index contributed by atoms with van der Waals surface area (Å²) < 4.78 is 5.19. The lowest BCUT2D eigenvalue weighted by atomic mass is 9.64. The van der Waals surface area contributed by atoms with Gasteiger partial charge < -0.3 is 10.5 Å². The predicted octanol–water partition coefficient (Wildman–Crippen LogP) is 2.52. The molecule has 17 heavy (non-hydrogen) atoms. The van der Waals surface area contributed by atoms with E-state index in [0.717, 1.165) is 32.1 Å². The van der Waals surface area contributed by atoms with Crippen LogP contribution >= 0.6 is 12.4 Å². The molecule has 2 aliphatic rings. The van der Waals surface area contributed by atoms with E-state index >= 15 is 0 Å². The molecular weight excluding hydrogens is 238 g/mol. The molecule has 4 heteroatoms. The molecule has 0 aromatic carbocycles. The molecule has 4 atom stereocenters. The van der Waals surface area contributed by atoms with Crippen molar-refractivity contribution in [2.75, 3.05) is 6.61 Å². The Labute approximate surface area is 110 Å². The largest absolute Gasteiger partial charge is 0.466 e. The molecule has 2 N–H and O–H groups in total. The van der Waals surface area contributed by atoms with Gasteiger partial charge in [0.15, 0.2) is 0 Å². The summed E-state index contributed by atoms with van der Waals surface area (Å²) in [7, 11) is 0. The van der Waals surface area contributed by atoms with Gasteiger partial charge in [-0.1, -0.05) is 12.8 Å². The zero-order valence-electron chi connectivity index (χ0n) is 10.6. The predicted molar refractivity (Wildman–Crippen MR) is 70.0 cm³/mol. The fourth-order valence-electron chi connectivity index (χ4n) is 3.54. The fourth-order valence-corrected chi connectivity index (χ4v) is 3.54. The minimum absolute atomic E-state index is 0. The maximum atomic E-state index is 11.9. The monoisotopic (exact) mass is 261 g/mol. The third-order valence-electron chi connectivity index (χ3n) is 4.28. The summed E-state index contributed by atoms with van der Waals surface area (Å²) in [6.45, 7) is 2.39. The third-order valence-corrected chi connectivity index (χ3v) is 4.28. The summed E-state index contributed by atoms with van der Waals surface area (Å²) in [6, 6.07) is 0.363. The Balaban J connectivity index is 0.00000144. The van der Waals surface area contributed by atoms with Crippen molar-refractivity contribution >= 4 is 18.4 Å². The SMILES string of the molecule is CCOC(=O)C1CCCC2CC(N)CCC21.Cl. The van der Waals surface area contributed by atoms with Crippen LogP contribution in [0, 0.1) is 17.8 Å². The number of rotatable bonds is 2. The topological polar surface area (TPSA) is 52.3 Å². The van der Waals surface area contributed by atoms with Crippen molar-refractivity contribution in [3.8, 4) is 0 Å². The van der Waals surface area contributed by atoms with Gasteiger partial charge in [-0.25, -0.2) is 0 Å². The van der Waals surface area contributed by atoms with Crippen LogP contribution < -0.4 is 5.73 Å². The number of ether oxygens (including phenoxy) is 1. The second-order valence-electron chi connectivity index (χ2n) is 5.29. The van der Waals surface area contributed by atoms with Crippen molar-refractivity contribution in [3.05, 3.63) is 0 Å². The minimum atomic E-state index is 0. The lowest BCUT2D eigenvalue weighted by molar-refractivity contribution is -0.153. The number of fused-ring (bicyclic) bond motifs is 1. The standard InChI is InChI=1S/C13H23NO2.ClH/c1-2-16-13(15)12-5-3-4-9-8-10(14)6-7-11(9)12;/h9-12H,2-8,14H2,1H3;1H. The highest BCUT2D eigenvalue weighted by Gasteiger charge is 2.40. The van der Waals surface area contributed by atoms with Crippen molar-refractivity contribution in [2.45, 2.75) is 51.5 Å². The zero-order valence-corrected chi connectivity index (χ0v) is 11.4. The Morgan fingerprint density at radius 1 is 1.29 bits per heavy atom. The average molecular weight is 262 g/mol. The van der Waals surface area contributed by atoms with Gasteiger partial charge >= 0.3 is 5.97 Å². The van der Waals surface area contributed by atoms with Gasteiger partial charge in [0.05, 0.1) is 12.5 Å². The summed E-state index contributed by atoms with van der Waals surface area (Å²) in [5.74, 6) is 1.42. The van der Waals surface area contributed by atoms with Crippen LogP contribution in [-0.4, -0.2) is 18.6 Å². The normalized spacial score (nSPS) is 36.6. The lowest BCUT2D eigenvalue weighted by Gasteiger charge is -2.42. The van der Waals surface area contributed by atoms with E-state index in [9.17, 15) is 4.79 Å². The van der Waals surface area contributed by atoms with Gasteiger partial charge in [0.2, 0.25) is 0 Å². The highest BCUT2D eigenvalue weighted by Crippen LogP contribution is 2.43. The molecule has 0 aromatic rings. The second kappa shape index (κ2) is 6.60. The second-order valence-corrected chi connectivity index (χ2v) is 5.29. The number of carbonyl (C=O) groups excluding carboxylic acids is 1. The highest BCUT2D eigenvalue weighted by atomic mass is 35.5. The van der Waals surface area contributed by atoms with Crippen LogP contribution in [0.15, 0.2) is 0 Å². The Kier molecular flexibility index (Phi) is 5.74. The lowest BCUT2D eigenvalue weighted by Crippen LogP contribution is -2.41. The van der Waals surface area contributed by atoms with E-state index in [0.29, 0.717) is 24.5 Å². The molecule has 0 saturated heterocycles. The first-order chi connectivity index (χ1) is 7.72. The van der Waals surface area contributed by atoms with Crippen molar-refractivity contribution in [1.29, 1.82) is 0 Å². The molecular formula is C13H24ClNO2. The Morgan fingerprint density at radius 2 is 2.06 bits per heavy atom. The number of esters is 1. The van der Waals surface area contributed by atoms with Gasteiger partial charge in [0, 0.05) is 6.04 Å². The summed E-state index contributed by atoms with van der Waals surface area (Å²) in [6.07, 6.45) is 6.76. The summed E-state index contributed by atoms with van der Waals surface area (Å²) in [5, 5.41) is 0. The summed E-state index contributed by atoms with van der Waals surface area (Å²) >= 11 is 0. The number of hydrogen-bond donors (Lipinski definition) is 1. The molecule has 100 valence electrons. The van der Waals surface area contributed by atoms with Gasteiger partial charge in [0.1, 0.15) is 0 Å². The maximum Gasteiger partial charge on any atom is 0.309 e. The zero-order chi connectivity index (χ0) is 11.5. The molecule has 2 aliphatic carbocycles. The van der Waals surface area contributed by atoms with E-state index in [1.54, 1.807) is 0 Å². The van der Waals surface area contributed by atoms with E-state index in [1.165, 1.54) is 6.42 Å². The third kappa shape index (κ3) is 3.35. The summed E-state index contributed by atoms with van der Waals surface area (Å²) in [4.78, 5) is 11.9. The van der Waals surface area contributed by atoms with Crippen molar-refractivity contribution in [2.24, 2.45) is 23.5 Å². The average Bonchev–Trinajstić information content (AvgIpc) is 2.28. The number of carbonyl (C=O) groups is 1. The molecule has 0 amide bonds. The molecule has 2 rings (SSSR count). The van der Waals surface area contributed by atoms with Crippen LogP contribution in [0.5, 0.6) is 0 Å². The Morgan fingerprint density at radius 3 is 2.76 bits per heavy atom. The van der Waals surface area contributed by atoms with Crippen LogP contribution in [0.25, 0.3) is 0 Å². The van der Waals surface area contributed by atoms with Crippen molar-refractivity contribution < 1.29 is 9.53 Å². The molecule has 2 fully saturated rings. The molecule has 4 unspecified atom stereocenters. The van der Waals surface area contributed by atoms with Crippen LogP contribution in [0.3, 0.4) is 0 Å². The van der Waals surface area contributed by atoms with Crippen LogP contribution in [0.2, 0.25) is 0 Å². The van der Waals surface area contributed by atoms with Crippen LogP contribution in [-0.2, 0) is 9.53 Å². The number of nitrogens with two attached hydrogens (primary N) is 1. The molecule has 3 nitrogen and oxygen atoms in total. The van der Waals surface area contributed by atoms with Gasteiger partial charge in [-0.15, -0.1) is 12.4 Å². The van der Waals surface area contributed by atoms with E-state index < -0.39 is 0 Å².